The Bertz CT molecular complexity index is 395. The van der Waals surface area contributed by atoms with Crippen LogP contribution in [0.25, 0.3) is 0 Å². The van der Waals surface area contributed by atoms with E-state index in [9.17, 15) is 9.90 Å². The van der Waals surface area contributed by atoms with E-state index in [1.807, 2.05) is 0 Å². The van der Waals surface area contributed by atoms with Crippen LogP contribution in [0.5, 0.6) is 0 Å². The zero-order valence-electron chi connectivity index (χ0n) is 20.0. The number of aliphatic hydroxyl groups is 2. The predicted molar refractivity (Wildman–Crippen MR) is 124 cm³/mol. The maximum absolute atomic E-state index is 12.9. The SMILES string of the molecule is CCCCCCCCCCCC(CC)(CCCC)C(=O)NOCC(O)CNCCO. The second kappa shape index (κ2) is 20.2. The zero-order chi connectivity index (χ0) is 22.5. The van der Waals surface area contributed by atoms with E-state index in [0.717, 1.165) is 38.5 Å². The molecule has 2 unspecified atom stereocenters. The van der Waals surface area contributed by atoms with Crippen LogP contribution in [0.1, 0.15) is 111 Å². The number of carbonyl (C=O) groups excluding carboxylic acids is 1. The Balaban J connectivity index is 4.31. The number of unbranched alkanes of at least 4 members (excludes halogenated alkanes) is 9. The molecule has 6 nitrogen and oxygen atoms in total. The number of rotatable bonds is 22. The second-order valence-electron chi connectivity index (χ2n) is 8.64. The molecule has 6 heteroatoms. The molecule has 0 aromatic carbocycles. The van der Waals surface area contributed by atoms with E-state index in [1.165, 1.54) is 51.4 Å². The van der Waals surface area contributed by atoms with Crippen LogP contribution >= 0.6 is 0 Å². The van der Waals surface area contributed by atoms with Crippen LogP contribution in [-0.2, 0) is 9.63 Å². The molecule has 0 radical (unpaired) electrons. The van der Waals surface area contributed by atoms with Gasteiger partial charge in [-0.2, -0.15) is 0 Å². The minimum atomic E-state index is -0.721. The second-order valence-corrected chi connectivity index (χ2v) is 8.64. The Labute approximate surface area is 185 Å². The largest absolute Gasteiger partial charge is 0.395 e. The van der Waals surface area contributed by atoms with E-state index in [2.05, 4.69) is 31.6 Å². The Morgan fingerprint density at radius 2 is 1.47 bits per heavy atom. The van der Waals surface area contributed by atoms with Crippen LogP contribution in [0.2, 0.25) is 0 Å². The van der Waals surface area contributed by atoms with Crippen LogP contribution in [-0.4, -0.2) is 48.5 Å². The summed E-state index contributed by atoms with van der Waals surface area (Å²) in [6, 6.07) is 0. The normalized spacial score (nSPS) is 14.4. The van der Waals surface area contributed by atoms with Gasteiger partial charge in [-0.25, -0.2) is 5.48 Å². The molecule has 0 aromatic rings. The Kier molecular flexibility index (Phi) is 19.8. The van der Waals surface area contributed by atoms with Crippen LogP contribution in [0.15, 0.2) is 0 Å². The fourth-order valence-corrected chi connectivity index (χ4v) is 3.87. The highest BCUT2D eigenvalue weighted by Crippen LogP contribution is 2.35. The van der Waals surface area contributed by atoms with E-state index in [-0.39, 0.29) is 24.5 Å². The summed E-state index contributed by atoms with van der Waals surface area (Å²) in [5, 5.41) is 21.5. The smallest absolute Gasteiger partial charge is 0.249 e. The molecule has 0 saturated carbocycles. The predicted octanol–water partition coefficient (Wildman–Crippen LogP) is 4.48. The average molecular weight is 431 g/mol. The molecule has 0 fully saturated rings. The molecule has 0 aliphatic rings. The van der Waals surface area contributed by atoms with Crippen molar-refractivity contribution in [3.05, 3.63) is 0 Å². The minimum absolute atomic E-state index is 0.0274. The van der Waals surface area contributed by atoms with Gasteiger partial charge >= 0.3 is 0 Å². The molecule has 2 atom stereocenters. The molecular formula is C24H50N2O4. The average Bonchev–Trinajstić information content (AvgIpc) is 2.75. The molecule has 180 valence electrons. The summed E-state index contributed by atoms with van der Waals surface area (Å²) in [6.45, 7) is 7.31. The molecule has 0 aromatic heterocycles. The first-order chi connectivity index (χ1) is 14.6. The summed E-state index contributed by atoms with van der Waals surface area (Å²) in [7, 11) is 0. The lowest BCUT2D eigenvalue weighted by atomic mass is 9.75. The molecular weight excluding hydrogens is 380 g/mol. The molecule has 1 amide bonds. The van der Waals surface area contributed by atoms with Crippen LogP contribution in [0.4, 0.5) is 0 Å². The van der Waals surface area contributed by atoms with Crippen molar-refractivity contribution in [2.45, 2.75) is 117 Å². The number of aliphatic hydroxyl groups excluding tert-OH is 2. The topological polar surface area (TPSA) is 90.8 Å². The number of amides is 1. The van der Waals surface area contributed by atoms with Gasteiger partial charge in [0.15, 0.2) is 0 Å². The third kappa shape index (κ3) is 14.3. The van der Waals surface area contributed by atoms with E-state index in [1.54, 1.807) is 0 Å². The Hall–Kier alpha value is -0.690. The van der Waals surface area contributed by atoms with Crippen molar-refractivity contribution >= 4 is 5.91 Å². The molecule has 0 heterocycles. The lowest BCUT2D eigenvalue weighted by Crippen LogP contribution is -2.42. The fourth-order valence-electron chi connectivity index (χ4n) is 3.87. The molecule has 0 rings (SSSR count). The summed E-state index contributed by atoms with van der Waals surface area (Å²) < 4.78 is 0. The van der Waals surface area contributed by atoms with Crippen molar-refractivity contribution in [3.8, 4) is 0 Å². The number of hydrogen-bond donors (Lipinski definition) is 4. The fraction of sp³-hybridized carbons (Fsp3) is 0.958. The molecule has 4 N–H and O–H groups in total. The van der Waals surface area contributed by atoms with Gasteiger partial charge in [0, 0.05) is 13.1 Å². The first kappa shape index (κ1) is 29.3. The van der Waals surface area contributed by atoms with Crippen molar-refractivity contribution in [2.24, 2.45) is 5.41 Å². The van der Waals surface area contributed by atoms with E-state index >= 15 is 0 Å². The van der Waals surface area contributed by atoms with Gasteiger partial charge in [-0.3, -0.25) is 9.63 Å². The lowest BCUT2D eigenvalue weighted by Gasteiger charge is -2.31. The number of hydrogen-bond acceptors (Lipinski definition) is 5. The molecule has 0 aliphatic carbocycles. The highest BCUT2D eigenvalue weighted by atomic mass is 16.7. The highest BCUT2D eigenvalue weighted by molar-refractivity contribution is 5.81. The van der Waals surface area contributed by atoms with Gasteiger partial charge in [-0.15, -0.1) is 0 Å². The van der Waals surface area contributed by atoms with Gasteiger partial charge in [0.2, 0.25) is 5.91 Å². The summed E-state index contributed by atoms with van der Waals surface area (Å²) in [6.07, 6.45) is 15.5. The highest BCUT2D eigenvalue weighted by Gasteiger charge is 2.35. The Morgan fingerprint density at radius 3 is 2.03 bits per heavy atom. The summed E-state index contributed by atoms with van der Waals surface area (Å²) in [4.78, 5) is 18.3. The van der Waals surface area contributed by atoms with Gasteiger partial charge in [0.25, 0.3) is 0 Å². The van der Waals surface area contributed by atoms with Crippen molar-refractivity contribution in [3.63, 3.8) is 0 Å². The molecule has 0 saturated heterocycles. The van der Waals surface area contributed by atoms with E-state index in [4.69, 9.17) is 9.94 Å². The zero-order valence-corrected chi connectivity index (χ0v) is 20.0. The summed E-state index contributed by atoms with van der Waals surface area (Å²) in [5.74, 6) is -0.0477. The lowest BCUT2D eigenvalue weighted by molar-refractivity contribution is -0.148. The number of hydroxylamine groups is 1. The summed E-state index contributed by atoms with van der Waals surface area (Å²) in [5.41, 5.74) is 2.23. The van der Waals surface area contributed by atoms with E-state index in [0.29, 0.717) is 13.1 Å². The minimum Gasteiger partial charge on any atom is -0.395 e. The van der Waals surface area contributed by atoms with Gasteiger partial charge in [0.05, 0.1) is 18.1 Å². The van der Waals surface area contributed by atoms with Crippen LogP contribution in [0, 0.1) is 5.41 Å². The van der Waals surface area contributed by atoms with Gasteiger partial charge in [-0.1, -0.05) is 91.4 Å². The maximum atomic E-state index is 12.9. The molecule has 30 heavy (non-hydrogen) atoms. The van der Waals surface area contributed by atoms with Crippen molar-refractivity contribution in [1.82, 2.24) is 10.8 Å². The molecule has 0 spiro atoms. The van der Waals surface area contributed by atoms with Crippen molar-refractivity contribution in [1.29, 1.82) is 0 Å². The molecule has 0 bridgehead atoms. The number of nitrogens with one attached hydrogen (secondary N) is 2. The standard InChI is InChI=1S/C24H50N2O4/c1-4-7-9-10-11-12-13-14-15-17-24(6-3,16-8-5-2)23(29)26-30-21-22(28)20-25-18-19-27/h22,25,27-28H,4-21H2,1-3H3,(H,26,29). The van der Waals surface area contributed by atoms with Gasteiger partial charge in [0.1, 0.15) is 6.61 Å². The third-order valence-corrected chi connectivity index (χ3v) is 6.04. The first-order valence-electron chi connectivity index (χ1n) is 12.5. The summed E-state index contributed by atoms with van der Waals surface area (Å²) >= 11 is 0. The van der Waals surface area contributed by atoms with Crippen LogP contribution in [0.3, 0.4) is 0 Å². The monoisotopic (exact) mass is 430 g/mol. The maximum Gasteiger partial charge on any atom is 0.249 e. The molecule has 0 aliphatic heterocycles. The van der Waals surface area contributed by atoms with Crippen LogP contribution < -0.4 is 10.8 Å². The quantitative estimate of drug-likeness (QED) is 0.150. The van der Waals surface area contributed by atoms with Crippen molar-refractivity contribution < 1.29 is 19.8 Å². The van der Waals surface area contributed by atoms with Crippen molar-refractivity contribution in [2.75, 3.05) is 26.3 Å². The Morgan fingerprint density at radius 1 is 0.900 bits per heavy atom. The van der Waals surface area contributed by atoms with Gasteiger partial charge in [-0.05, 0) is 19.3 Å². The van der Waals surface area contributed by atoms with E-state index < -0.39 is 6.10 Å². The van der Waals surface area contributed by atoms with Gasteiger partial charge < -0.3 is 15.5 Å². The first-order valence-corrected chi connectivity index (χ1v) is 12.5. The third-order valence-electron chi connectivity index (χ3n) is 6.04. The number of carbonyl (C=O) groups is 1.